The van der Waals surface area contributed by atoms with Crippen molar-refractivity contribution in [2.24, 2.45) is 17.8 Å². The van der Waals surface area contributed by atoms with E-state index in [0.29, 0.717) is 56.2 Å². The van der Waals surface area contributed by atoms with Crippen LogP contribution >= 0.6 is 11.8 Å². The number of rotatable bonds is 12. The molecule has 2 aromatic carbocycles. The highest BCUT2D eigenvalue weighted by atomic mass is 32.2. The Morgan fingerprint density at radius 2 is 1.76 bits per heavy atom. The van der Waals surface area contributed by atoms with E-state index in [1.807, 2.05) is 69.3 Å². The molecule has 0 aromatic heterocycles. The van der Waals surface area contributed by atoms with Gasteiger partial charge in [0.2, 0.25) is 5.91 Å². The molecule has 2 aliphatic heterocycles. The highest BCUT2D eigenvalue weighted by Gasteiger charge is 2.43. The van der Waals surface area contributed by atoms with Gasteiger partial charge in [-0.15, -0.1) is 0 Å². The Kier molecular flexibility index (Phi) is 12.5. The number of anilines is 1. The molecule has 0 aliphatic carbocycles. The number of piperidine rings is 1. The van der Waals surface area contributed by atoms with Crippen molar-refractivity contribution in [3.05, 3.63) is 65.7 Å². The van der Waals surface area contributed by atoms with Gasteiger partial charge >= 0.3 is 18.0 Å². The second-order valence-corrected chi connectivity index (χ2v) is 14.1. The Morgan fingerprint density at radius 3 is 2.46 bits per heavy atom. The lowest BCUT2D eigenvalue weighted by Crippen LogP contribution is -2.51. The summed E-state index contributed by atoms with van der Waals surface area (Å²) in [6.07, 6.45) is 1.40. The molecule has 250 valence electrons. The Morgan fingerprint density at radius 1 is 1.04 bits per heavy atom. The first kappa shape index (κ1) is 35.3. The number of carbonyl (C=O) groups is 4. The predicted molar refractivity (Wildman–Crippen MR) is 179 cm³/mol. The van der Waals surface area contributed by atoms with Gasteiger partial charge in [0.15, 0.2) is 0 Å². The number of carboxylic acid groups (broad SMARTS) is 1. The number of ether oxygens (including phenoxy) is 2. The molecule has 1 saturated heterocycles. The number of aryl methyl sites for hydroxylation is 1. The fraction of sp³-hybridized carbons (Fsp3) is 0.543. The average Bonchev–Trinajstić information content (AvgIpc) is 3.15. The zero-order valence-electron chi connectivity index (χ0n) is 27.3. The molecular formula is C35H47N3O7S. The van der Waals surface area contributed by atoms with Gasteiger partial charge in [-0.3, -0.25) is 19.7 Å². The van der Waals surface area contributed by atoms with Crippen LogP contribution < -0.4 is 10.2 Å². The summed E-state index contributed by atoms with van der Waals surface area (Å²) < 4.78 is 11.0. The number of esters is 1. The van der Waals surface area contributed by atoms with Crippen LogP contribution in [-0.4, -0.2) is 83.3 Å². The van der Waals surface area contributed by atoms with Gasteiger partial charge in [-0.2, -0.15) is 11.8 Å². The van der Waals surface area contributed by atoms with Crippen LogP contribution in [0.1, 0.15) is 51.7 Å². The molecule has 0 radical (unpaired) electrons. The maximum Gasteiger partial charge on any atom is 0.410 e. The summed E-state index contributed by atoms with van der Waals surface area (Å²) in [6.45, 7) is 8.64. The Balaban J connectivity index is 1.55. The van der Waals surface area contributed by atoms with Crippen LogP contribution in [0, 0.1) is 17.8 Å². The van der Waals surface area contributed by atoms with Crippen LogP contribution in [0.5, 0.6) is 0 Å². The molecule has 4 rings (SSSR count). The van der Waals surface area contributed by atoms with E-state index in [1.54, 1.807) is 29.7 Å². The lowest BCUT2D eigenvalue weighted by atomic mass is 9.75. The summed E-state index contributed by atoms with van der Waals surface area (Å²) in [4.78, 5) is 55.3. The van der Waals surface area contributed by atoms with E-state index in [9.17, 15) is 24.3 Å². The van der Waals surface area contributed by atoms with Crippen LogP contribution in [0.2, 0.25) is 0 Å². The Bertz CT molecular complexity index is 1350. The number of aliphatic carboxylic acids is 1. The molecule has 11 heteroatoms. The van der Waals surface area contributed by atoms with Crippen molar-refractivity contribution in [1.29, 1.82) is 0 Å². The summed E-state index contributed by atoms with van der Waals surface area (Å²) >= 11 is 1.64. The van der Waals surface area contributed by atoms with Gasteiger partial charge in [-0.1, -0.05) is 48.5 Å². The average molecular weight is 654 g/mol. The molecule has 2 N–H and O–H groups in total. The van der Waals surface area contributed by atoms with E-state index in [1.165, 1.54) is 4.90 Å². The topological polar surface area (TPSA) is 125 Å². The summed E-state index contributed by atoms with van der Waals surface area (Å²) in [6, 6.07) is 16.5. The number of carboxylic acids is 1. The molecular weight excluding hydrogens is 606 g/mol. The quantitative estimate of drug-likeness (QED) is 0.305. The standard InChI is InChI=1S/C35H47N3O7S/c1-5-44-33(42)29(36-35(2,3)4)23-46-22-26-17-18-37(34(43)45-21-24-11-7-6-8-12-24)19-28(26)27-16-15-25-13-9-10-14-30(25)38(32(27)41)20-31(39)40/h6-14,26-29,36H,5,15-23H2,1-4H3,(H,39,40)/t26?,27?,28?,29-/m0/s1. The highest BCUT2D eigenvalue weighted by molar-refractivity contribution is 7.99. The molecule has 4 atom stereocenters. The van der Waals surface area contributed by atoms with Gasteiger partial charge in [-0.25, -0.2) is 4.79 Å². The Hall–Kier alpha value is -3.57. The van der Waals surface area contributed by atoms with E-state index < -0.39 is 30.6 Å². The van der Waals surface area contributed by atoms with Crippen LogP contribution in [0.4, 0.5) is 10.5 Å². The fourth-order valence-electron chi connectivity index (χ4n) is 6.38. The maximum atomic E-state index is 14.2. The van der Waals surface area contributed by atoms with Crippen molar-refractivity contribution < 1.29 is 33.8 Å². The number of amides is 2. The molecule has 2 aliphatic rings. The lowest BCUT2D eigenvalue weighted by Gasteiger charge is -2.42. The number of likely N-dealkylation sites (tertiary alicyclic amines) is 1. The zero-order chi connectivity index (χ0) is 33.3. The van der Waals surface area contributed by atoms with E-state index in [-0.39, 0.29) is 35.9 Å². The monoisotopic (exact) mass is 653 g/mol. The first-order valence-electron chi connectivity index (χ1n) is 16.1. The zero-order valence-corrected chi connectivity index (χ0v) is 28.1. The number of hydrogen-bond acceptors (Lipinski definition) is 8. The van der Waals surface area contributed by atoms with E-state index >= 15 is 0 Å². The predicted octanol–water partition coefficient (Wildman–Crippen LogP) is 4.99. The van der Waals surface area contributed by atoms with Crippen molar-refractivity contribution in [3.63, 3.8) is 0 Å². The van der Waals surface area contributed by atoms with Gasteiger partial charge in [0.1, 0.15) is 19.2 Å². The van der Waals surface area contributed by atoms with Crippen LogP contribution in [0.25, 0.3) is 0 Å². The van der Waals surface area contributed by atoms with Crippen molar-refractivity contribution in [3.8, 4) is 0 Å². The van der Waals surface area contributed by atoms with Crippen LogP contribution in [0.3, 0.4) is 0 Å². The third-order valence-corrected chi connectivity index (χ3v) is 9.70. The van der Waals surface area contributed by atoms with Crippen molar-refractivity contribution in [2.45, 2.75) is 65.1 Å². The molecule has 0 saturated carbocycles. The molecule has 2 amide bonds. The molecule has 0 bridgehead atoms. The Labute approximate surface area is 276 Å². The molecule has 2 aromatic rings. The minimum atomic E-state index is -1.08. The number of hydrogen-bond donors (Lipinski definition) is 2. The van der Waals surface area contributed by atoms with Gasteiger partial charge in [0, 0.05) is 36.0 Å². The van der Waals surface area contributed by atoms with Gasteiger partial charge in [0.05, 0.1) is 6.61 Å². The van der Waals surface area contributed by atoms with E-state index in [4.69, 9.17) is 9.47 Å². The lowest BCUT2D eigenvalue weighted by molar-refractivity contribution is -0.145. The number of benzene rings is 2. The summed E-state index contributed by atoms with van der Waals surface area (Å²) in [7, 11) is 0. The normalized spacial score (nSPS) is 20.8. The third kappa shape index (κ3) is 9.72. The highest BCUT2D eigenvalue weighted by Crippen LogP contribution is 2.39. The number of nitrogens with one attached hydrogen (secondary N) is 1. The van der Waals surface area contributed by atoms with Crippen molar-refractivity contribution >= 4 is 41.4 Å². The number of carbonyl (C=O) groups excluding carboxylic acids is 3. The number of thioether (sulfide) groups is 1. The van der Waals surface area contributed by atoms with Gasteiger partial charge < -0.3 is 24.4 Å². The van der Waals surface area contributed by atoms with Crippen molar-refractivity contribution in [2.75, 3.05) is 42.6 Å². The van der Waals surface area contributed by atoms with Crippen LogP contribution in [0.15, 0.2) is 54.6 Å². The summed E-state index contributed by atoms with van der Waals surface area (Å²) in [5.74, 6) is -1.09. The first-order chi connectivity index (χ1) is 22.0. The second-order valence-electron chi connectivity index (χ2n) is 13.0. The van der Waals surface area contributed by atoms with E-state index in [2.05, 4.69) is 5.32 Å². The van der Waals surface area contributed by atoms with Gasteiger partial charge in [-0.05, 0) is 81.7 Å². The van der Waals surface area contributed by atoms with Crippen LogP contribution in [-0.2, 0) is 36.9 Å². The van der Waals surface area contributed by atoms with Crippen molar-refractivity contribution in [1.82, 2.24) is 10.2 Å². The molecule has 3 unspecified atom stereocenters. The second kappa shape index (κ2) is 16.3. The fourth-order valence-corrected chi connectivity index (χ4v) is 7.68. The molecule has 46 heavy (non-hydrogen) atoms. The largest absolute Gasteiger partial charge is 0.480 e. The summed E-state index contributed by atoms with van der Waals surface area (Å²) in [5, 5.41) is 13.1. The number of para-hydroxylation sites is 1. The van der Waals surface area contributed by atoms with Gasteiger partial charge in [0.25, 0.3) is 0 Å². The summed E-state index contributed by atoms with van der Waals surface area (Å²) in [5.41, 5.74) is 2.16. The molecule has 1 fully saturated rings. The molecule has 10 nitrogen and oxygen atoms in total. The SMILES string of the molecule is CCOC(=O)[C@H](CSCC1CCN(C(=O)OCc2ccccc2)CC1C1CCc2ccccc2N(CC(=O)O)C1=O)NC(C)(C)C. The minimum Gasteiger partial charge on any atom is -0.480 e. The smallest absolute Gasteiger partial charge is 0.410 e. The first-order valence-corrected chi connectivity index (χ1v) is 17.2. The number of fused-ring (bicyclic) bond motifs is 1. The van der Waals surface area contributed by atoms with E-state index in [0.717, 1.165) is 11.1 Å². The molecule has 0 spiro atoms. The third-order valence-electron chi connectivity index (χ3n) is 8.47. The number of nitrogens with zero attached hydrogens (tertiary/aromatic N) is 2. The minimum absolute atomic E-state index is 0.0579. The molecule has 2 heterocycles. The maximum absolute atomic E-state index is 14.2.